The lowest BCUT2D eigenvalue weighted by Gasteiger charge is -2.11. The molecule has 140 valence electrons. The molecule has 0 radical (unpaired) electrons. The number of hydrogen-bond donors (Lipinski definition) is 0. The maximum Gasteiger partial charge on any atom is 0.192 e. The van der Waals surface area contributed by atoms with Crippen LogP contribution in [0.4, 0.5) is 0 Å². The summed E-state index contributed by atoms with van der Waals surface area (Å²) in [6.07, 6.45) is 7.44. The highest BCUT2D eigenvalue weighted by Gasteiger charge is 2.21. The zero-order valence-electron chi connectivity index (χ0n) is 15.6. The molecule has 1 aliphatic carbocycles. The molecule has 3 heterocycles. The Morgan fingerprint density at radius 2 is 2.00 bits per heavy atom. The van der Waals surface area contributed by atoms with Gasteiger partial charge < -0.3 is 4.74 Å². The van der Waals surface area contributed by atoms with Gasteiger partial charge in [-0.25, -0.2) is 14.5 Å². The van der Waals surface area contributed by atoms with E-state index in [0.717, 1.165) is 28.7 Å². The molecule has 0 amide bonds. The number of nitrogens with zero attached hydrogens (tertiary/aromatic N) is 5. The van der Waals surface area contributed by atoms with Crippen LogP contribution in [-0.2, 0) is 12.8 Å². The van der Waals surface area contributed by atoms with Gasteiger partial charge in [0.2, 0.25) is 0 Å². The minimum Gasteiger partial charge on any atom is -0.483 e. The van der Waals surface area contributed by atoms with Gasteiger partial charge in [0.25, 0.3) is 0 Å². The summed E-state index contributed by atoms with van der Waals surface area (Å²) in [7, 11) is 0. The Morgan fingerprint density at radius 1 is 1.18 bits per heavy atom. The van der Waals surface area contributed by atoms with Gasteiger partial charge in [0.15, 0.2) is 17.6 Å². The van der Waals surface area contributed by atoms with Gasteiger partial charge in [-0.15, -0.1) is 16.4 Å². The van der Waals surface area contributed by atoms with E-state index in [2.05, 4.69) is 16.2 Å². The predicted molar refractivity (Wildman–Crippen MR) is 108 cm³/mol. The van der Waals surface area contributed by atoms with Crippen LogP contribution in [0.3, 0.4) is 0 Å². The molecule has 0 aliphatic heterocycles. The van der Waals surface area contributed by atoms with Gasteiger partial charge >= 0.3 is 0 Å². The van der Waals surface area contributed by atoms with Crippen molar-refractivity contribution in [3.05, 3.63) is 52.4 Å². The first-order chi connectivity index (χ1) is 13.7. The van der Waals surface area contributed by atoms with E-state index >= 15 is 0 Å². The van der Waals surface area contributed by atoms with Crippen molar-refractivity contribution in [2.75, 3.05) is 0 Å². The minimum absolute atomic E-state index is 0.305. The van der Waals surface area contributed by atoms with E-state index in [1.807, 2.05) is 6.92 Å². The number of rotatable bonds is 3. The smallest absolute Gasteiger partial charge is 0.192 e. The zero-order valence-corrected chi connectivity index (χ0v) is 16.4. The van der Waals surface area contributed by atoms with Crippen molar-refractivity contribution in [3.63, 3.8) is 0 Å². The summed E-state index contributed by atoms with van der Waals surface area (Å²) < 4.78 is 7.76. The normalized spacial score (nSPS) is 15.1. The van der Waals surface area contributed by atoms with Crippen molar-refractivity contribution < 1.29 is 4.74 Å². The standard InChI is InChI=1S/C21H19N5OS/c1-13(27-15-9-7-14(11-22)8-10-15)19-24-20-18-16-5-3-2-4-6-17(16)28-21(18)23-12-26(20)25-19/h7-10,12-13H,2-6H2,1H3. The summed E-state index contributed by atoms with van der Waals surface area (Å²) in [6.45, 7) is 1.94. The maximum atomic E-state index is 8.92. The van der Waals surface area contributed by atoms with Crippen LogP contribution in [0.15, 0.2) is 30.6 Å². The van der Waals surface area contributed by atoms with Crippen molar-refractivity contribution in [1.29, 1.82) is 5.26 Å². The number of nitriles is 1. The lowest BCUT2D eigenvalue weighted by molar-refractivity contribution is 0.216. The third kappa shape index (κ3) is 2.90. The fraction of sp³-hybridized carbons (Fsp3) is 0.333. The number of fused-ring (bicyclic) bond motifs is 5. The van der Waals surface area contributed by atoms with E-state index < -0.39 is 0 Å². The second kappa shape index (κ2) is 6.88. The van der Waals surface area contributed by atoms with Gasteiger partial charge in [-0.1, -0.05) is 6.42 Å². The van der Waals surface area contributed by atoms with Crippen LogP contribution in [0.2, 0.25) is 0 Å². The fourth-order valence-electron chi connectivity index (χ4n) is 3.78. The van der Waals surface area contributed by atoms with Gasteiger partial charge in [-0.05, 0) is 62.4 Å². The molecule has 0 spiro atoms. The summed E-state index contributed by atoms with van der Waals surface area (Å²) in [5.41, 5.74) is 2.89. The molecule has 5 rings (SSSR count). The quantitative estimate of drug-likeness (QED) is 0.478. The Labute approximate surface area is 166 Å². The summed E-state index contributed by atoms with van der Waals surface area (Å²) in [5.74, 6) is 1.32. The molecule has 28 heavy (non-hydrogen) atoms. The topological polar surface area (TPSA) is 76.1 Å². The van der Waals surface area contributed by atoms with Crippen molar-refractivity contribution in [2.24, 2.45) is 0 Å². The van der Waals surface area contributed by atoms with Gasteiger partial charge in [0.1, 0.15) is 16.9 Å². The lowest BCUT2D eigenvalue weighted by atomic mass is 10.1. The third-order valence-corrected chi connectivity index (χ3v) is 6.42. The van der Waals surface area contributed by atoms with Crippen molar-refractivity contribution in [3.8, 4) is 11.8 Å². The highest BCUT2D eigenvalue weighted by Crippen LogP contribution is 2.36. The van der Waals surface area contributed by atoms with Crippen LogP contribution in [0, 0.1) is 11.3 Å². The van der Waals surface area contributed by atoms with Gasteiger partial charge in [0, 0.05) is 4.88 Å². The summed E-state index contributed by atoms with van der Waals surface area (Å²) in [6, 6.07) is 9.19. The molecule has 1 aromatic carbocycles. The molecule has 0 N–H and O–H groups in total. The maximum absolute atomic E-state index is 8.92. The molecule has 1 aliphatic rings. The fourth-order valence-corrected chi connectivity index (χ4v) is 5.01. The Kier molecular flexibility index (Phi) is 4.21. The van der Waals surface area contributed by atoms with Crippen molar-refractivity contribution in [2.45, 2.75) is 45.1 Å². The van der Waals surface area contributed by atoms with Crippen LogP contribution in [0.5, 0.6) is 5.75 Å². The van der Waals surface area contributed by atoms with Gasteiger partial charge in [-0.3, -0.25) is 0 Å². The second-order valence-corrected chi connectivity index (χ2v) is 8.21. The first-order valence-electron chi connectivity index (χ1n) is 9.55. The average Bonchev–Trinajstić information content (AvgIpc) is 3.22. The summed E-state index contributed by atoms with van der Waals surface area (Å²) >= 11 is 1.80. The lowest BCUT2D eigenvalue weighted by Crippen LogP contribution is -2.05. The molecule has 0 fully saturated rings. The Balaban J connectivity index is 1.52. The first kappa shape index (κ1) is 17.1. The van der Waals surface area contributed by atoms with Gasteiger partial charge in [0.05, 0.1) is 17.0 Å². The van der Waals surface area contributed by atoms with Crippen molar-refractivity contribution in [1.82, 2.24) is 19.6 Å². The number of aryl methyl sites for hydroxylation is 2. The molecule has 7 heteroatoms. The van der Waals surface area contributed by atoms with E-state index in [1.165, 1.54) is 29.7 Å². The molecular weight excluding hydrogens is 370 g/mol. The molecule has 4 aromatic rings. The predicted octanol–water partition coefficient (Wildman–Crippen LogP) is 4.62. The highest BCUT2D eigenvalue weighted by molar-refractivity contribution is 7.19. The van der Waals surface area contributed by atoms with Crippen LogP contribution in [0.25, 0.3) is 15.9 Å². The molecule has 1 unspecified atom stereocenters. The Morgan fingerprint density at radius 3 is 2.82 bits per heavy atom. The molecule has 1 atom stereocenters. The van der Waals surface area contributed by atoms with Crippen LogP contribution in [0.1, 0.15) is 54.1 Å². The minimum atomic E-state index is -0.305. The molecule has 0 saturated carbocycles. The largest absolute Gasteiger partial charge is 0.483 e. The third-order valence-electron chi connectivity index (χ3n) is 5.22. The monoisotopic (exact) mass is 389 g/mol. The molecule has 3 aromatic heterocycles. The number of hydrogen-bond acceptors (Lipinski definition) is 6. The zero-order chi connectivity index (χ0) is 19.1. The van der Waals surface area contributed by atoms with Crippen molar-refractivity contribution >= 4 is 27.2 Å². The van der Waals surface area contributed by atoms with E-state index in [4.69, 9.17) is 15.0 Å². The van der Waals surface area contributed by atoms with E-state index in [9.17, 15) is 0 Å². The number of ether oxygens (including phenoxy) is 1. The SMILES string of the molecule is CC(Oc1ccc(C#N)cc1)c1nc2c3c4c(sc3ncn2n1)CCCCC4. The van der Waals surface area contributed by atoms with Crippen LogP contribution >= 0.6 is 11.3 Å². The van der Waals surface area contributed by atoms with E-state index in [1.54, 1.807) is 46.4 Å². The highest BCUT2D eigenvalue weighted by atomic mass is 32.1. The average molecular weight is 389 g/mol. The van der Waals surface area contributed by atoms with E-state index in [0.29, 0.717) is 17.1 Å². The van der Waals surface area contributed by atoms with Crippen LogP contribution < -0.4 is 4.74 Å². The van der Waals surface area contributed by atoms with Gasteiger partial charge in [-0.2, -0.15) is 5.26 Å². The number of benzene rings is 1. The first-order valence-corrected chi connectivity index (χ1v) is 10.4. The molecule has 0 bridgehead atoms. The Hall–Kier alpha value is -2.98. The summed E-state index contributed by atoms with van der Waals surface area (Å²) in [5, 5.41) is 14.7. The molecule has 6 nitrogen and oxygen atoms in total. The Bertz CT molecular complexity index is 1200. The molecule has 0 saturated heterocycles. The summed E-state index contributed by atoms with van der Waals surface area (Å²) in [4.78, 5) is 12.0. The number of thiophene rings is 1. The van der Waals surface area contributed by atoms with Crippen LogP contribution in [-0.4, -0.2) is 19.6 Å². The molecular formula is C21H19N5OS. The number of aromatic nitrogens is 4. The second-order valence-electron chi connectivity index (χ2n) is 7.12. The van der Waals surface area contributed by atoms with E-state index in [-0.39, 0.29) is 6.10 Å².